The number of rotatable bonds is 9. The van der Waals surface area contributed by atoms with Gasteiger partial charge in [-0.2, -0.15) is 0 Å². The fraction of sp³-hybridized carbons (Fsp3) is 0.750. The highest BCUT2D eigenvalue weighted by Gasteiger charge is 2.21. The van der Waals surface area contributed by atoms with Crippen molar-refractivity contribution in [3.8, 4) is 0 Å². The third-order valence-corrected chi connectivity index (χ3v) is 3.44. The Kier molecular flexibility index (Phi) is 7.43. The predicted octanol–water partition coefficient (Wildman–Crippen LogP) is 3.02. The van der Waals surface area contributed by atoms with Gasteiger partial charge in [-0.25, -0.2) is 9.97 Å². The average Bonchev–Trinajstić information content (AvgIpc) is 2.44. The van der Waals surface area contributed by atoms with Crippen LogP contribution in [0.4, 0.5) is 11.6 Å². The Hall–Kier alpha value is -1.36. The van der Waals surface area contributed by atoms with Crippen molar-refractivity contribution in [3.63, 3.8) is 0 Å². The van der Waals surface area contributed by atoms with Gasteiger partial charge in [0.1, 0.15) is 18.0 Å². The Bertz CT molecular complexity index is 421. The summed E-state index contributed by atoms with van der Waals surface area (Å²) in [6, 6.07) is 0.336. The van der Waals surface area contributed by atoms with Crippen LogP contribution in [-0.2, 0) is 0 Å². The monoisotopic (exact) mass is 294 g/mol. The Labute approximate surface area is 128 Å². The van der Waals surface area contributed by atoms with E-state index in [0.29, 0.717) is 12.0 Å². The van der Waals surface area contributed by atoms with Gasteiger partial charge in [0.25, 0.3) is 0 Å². The molecule has 0 bridgehead atoms. The number of aliphatic hydroxyl groups is 1. The van der Waals surface area contributed by atoms with Crippen LogP contribution in [0.5, 0.6) is 0 Å². The van der Waals surface area contributed by atoms with Gasteiger partial charge in [-0.05, 0) is 32.6 Å². The van der Waals surface area contributed by atoms with Crippen LogP contribution in [0.15, 0.2) is 6.33 Å². The molecule has 0 saturated carbocycles. The average molecular weight is 294 g/mol. The fourth-order valence-corrected chi connectivity index (χ4v) is 2.38. The molecular weight excluding hydrogens is 264 g/mol. The molecule has 0 unspecified atom stereocenters. The van der Waals surface area contributed by atoms with Gasteiger partial charge < -0.3 is 15.3 Å². The molecule has 0 aliphatic carbocycles. The third kappa shape index (κ3) is 4.84. The molecule has 5 heteroatoms. The first-order valence-corrected chi connectivity index (χ1v) is 7.99. The second-order valence-electron chi connectivity index (χ2n) is 5.91. The molecule has 0 saturated heterocycles. The topological polar surface area (TPSA) is 61.3 Å². The van der Waals surface area contributed by atoms with Crippen molar-refractivity contribution in [2.45, 2.75) is 59.4 Å². The van der Waals surface area contributed by atoms with Crippen LogP contribution in [0, 0.1) is 0 Å². The second kappa shape index (κ2) is 8.82. The quantitative estimate of drug-likeness (QED) is 0.733. The van der Waals surface area contributed by atoms with Gasteiger partial charge in [0.05, 0.1) is 0 Å². The summed E-state index contributed by atoms with van der Waals surface area (Å²) in [5, 5.41) is 12.5. The van der Waals surface area contributed by atoms with E-state index in [9.17, 15) is 0 Å². The van der Waals surface area contributed by atoms with E-state index in [4.69, 9.17) is 5.11 Å². The van der Waals surface area contributed by atoms with Crippen molar-refractivity contribution in [1.29, 1.82) is 0 Å². The largest absolute Gasteiger partial charge is 0.396 e. The molecule has 0 radical (unpaired) electrons. The molecule has 1 heterocycles. The summed E-state index contributed by atoms with van der Waals surface area (Å²) >= 11 is 0. The zero-order valence-corrected chi connectivity index (χ0v) is 14.1. The zero-order chi connectivity index (χ0) is 15.8. The number of aromatic nitrogens is 2. The smallest absolute Gasteiger partial charge is 0.137 e. The van der Waals surface area contributed by atoms with E-state index in [0.717, 1.165) is 43.1 Å². The minimum Gasteiger partial charge on any atom is -0.396 e. The lowest BCUT2D eigenvalue weighted by molar-refractivity contribution is 0.288. The molecule has 0 spiro atoms. The summed E-state index contributed by atoms with van der Waals surface area (Å²) < 4.78 is 0. The van der Waals surface area contributed by atoms with Crippen molar-refractivity contribution in [3.05, 3.63) is 11.9 Å². The lowest BCUT2D eigenvalue weighted by atomic mass is 10.0. The normalized spacial score (nSPS) is 11.2. The highest BCUT2D eigenvalue weighted by atomic mass is 16.3. The van der Waals surface area contributed by atoms with Crippen molar-refractivity contribution < 1.29 is 5.11 Å². The van der Waals surface area contributed by atoms with Gasteiger partial charge in [-0.15, -0.1) is 0 Å². The third-order valence-electron chi connectivity index (χ3n) is 3.44. The standard InChI is InChI=1S/C16H30N4O/c1-6-8-17-15-14(12(2)3)16(19-11-18-15)20(13(4)5)9-7-10-21/h11-13,21H,6-10H2,1-5H3,(H,17,18,19). The van der Waals surface area contributed by atoms with E-state index in [1.165, 1.54) is 0 Å². The minimum atomic E-state index is 0.201. The molecule has 5 nitrogen and oxygen atoms in total. The molecule has 0 amide bonds. The molecule has 1 aromatic heterocycles. The van der Waals surface area contributed by atoms with Crippen molar-refractivity contribution in [2.75, 3.05) is 29.9 Å². The summed E-state index contributed by atoms with van der Waals surface area (Å²) in [6.07, 6.45) is 3.44. The number of anilines is 2. The number of aliphatic hydroxyl groups excluding tert-OH is 1. The molecular formula is C16H30N4O. The number of hydrogen-bond donors (Lipinski definition) is 2. The summed E-state index contributed by atoms with van der Waals surface area (Å²) in [5.74, 6) is 2.27. The summed E-state index contributed by atoms with van der Waals surface area (Å²) in [7, 11) is 0. The summed E-state index contributed by atoms with van der Waals surface area (Å²) in [6.45, 7) is 12.7. The Morgan fingerprint density at radius 3 is 2.48 bits per heavy atom. The maximum atomic E-state index is 9.12. The molecule has 1 rings (SSSR count). The molecule has 0 atom stereocenters. The van der Waals surface area contributed by atoms with E-state index < -0.39 is 0 Å². The van der Waals surface area contributed by atoms with Crippen LogP contribution in [0.1, 0.15) is 58.9 Å². The maximum Gasteiger partial charge on any atom is 0.137 e. The van der Waals surface area contributed by atoms with Crippen LogP contribution in [0.3, 0.4) is 0 Å². The van der Waals surface area contributed by atoms with Gasteiger partial charge in [-0.1, -0.05) is 20.8 Å². The molecule has 0 aromatic carbocycles. The molecule has 1 aromatic rings. The number of hydrogen-bond acceptors (Lipinski definition) is 5. The van der Waals surface area contributed by atoms with E-state index in [1.54, 1.807) is 6.33 Å². The van der Waals surface area contributed by atoms with Crippen LogP contribution in [0.25, 0.3) is 0 Å². The molecule has 120 valence electrons. The highest BCUT2D eigenvalue weighted by Crippen LogP contribution is 2.31. The molecule has 0 fully saturated rings. The molecule has 2 N–H and O–H groups in total. The zero-order valence-electron chi connectivity index (χ0n) is 14.1. The highest BCUT2D eigenvalue weighted by molar-refractivity contribution is 5.60. The summed E-state index contributed by atoms with van der Waals surface area (Å²) in [5.41, 5.74) is 1.16. The molecule has 0 aliphatic rings. The van der Waals surface area contributed by atoms with Gasteiger partial charge >= 0.3 is 0 Å². The van der Waals surface area contributed by atoms with Gasteiger partial charge in [0.15, 0.2) is 0 Å². The number of nitrogens with one attached hydrogen (secondary N) is 1. The van der Waals surface area contributed by atoms with E-state index in [-0.39, 0.29) is 6.61 Å². The van der Waals surface area contributed by atoms with Crippen LogP contribution >= 0.6 is 0 Å². The van der Waals surface area contributed by atoms with Crippen LogP contribution in [-0.4, -0.2) is 40.8 Å². The van der Waals surface area contributed by atoms with Crippen molar-refractivity contribution in [2.24, 2.45) is 0 Å². The van der Waals surface area contributed by atoms with E-state index in [2.05, 4.69) is 54.8 Å². The molecule has 0 aliphatic heterocycles. The van der Waals surface area contributed by atoms with Crippen molar-refractivity contribution in [1.82, 2.24) is 9.97 Å². The first-order chi connectivity index (χ1) is 10.0. The first kappa shape index (κ1) is 17.7. The van der Waals surface area contributed by atoms with E-state index >= 15 is 0 Å². The van der Waals surface area contributed by atoms with Gasteiger partial charge in [0.2, 0.25) is 0 Å². The van der Waals surface area contributed by atoms with Gasteiger partial charge in [-0.3, -0.25) is 0 Å². The summed E-state index contributed by atoms with van der Waals surface area (Å²) in [4.78, 5) is 11.2. The maximum absolute atomic E-state index is 9.12. The Balaban J connectivity index is 3.18. The lowest BCUT2D eigenvalue weighted by Gasteiger charge is -2.31. The predicted molar refractivity (Wildman–Crippen MR) is 89.1 cm³/mol. The number of nitrogens with zero attached hydrogens (tertiary/aromatic N) is 3. The first-order valence-electron chi connectivity index (χ1n) is 7.99. The van der Waals surface area contributed by atoms with Crippen LogP contribution in [0.2, 0.25) is 0 Å². The Morgan fingerprint density at radius 1 is 1.24 bits per heavy atom. The SMILES string of the molecule is CCCNc1ncnc(N(CCCO)C(C)C)c1C(C)C. The van der Waals surface area contributed by atoms with Crippen LogP contribution < -0.4 is 10.2 Å². The van der Waals surface area contributed by atoms with Crippen molar-refractivity contribution >= 4 is 11.6 Å². The fourth-order valence-electron chi connectivity index (χ4n) is 2.38. The van der Waals surface area contributed by atoms with E-state index in [1.807, 2.05) is 0 Å². The second-order valence-corrected chi connectivity index (χ2v) is 5.91. The Morgan fingerprint density at radius 2 is 1.95 bits per heavy atom. The minimum absolute atomic E-state index is 0.201. The van der Waals surface area contributed by atoms with Gasteiger partial charge in [0, 0.05) is 31.3 Å². The lowest BCUT2D eigenvalue weighted by Crippen LogP contribution is -2.34. The molecule has 21 heavy (non-hydrogen) atoms.